The van der Waals surface area contributed by atoms with Crippen molar-refractivity contribution < 1.29 is 47.3 Å². The van der Waals surface area contributed by atoms with E-state index < -0.39 is 17.5 Å². The zero-order chi connectivity index (χ0) is 9.65. The average molecular weight is 270 g/mol. The van der Waals surface area contributed by atoms with Gasteiger partial charge in [-0.15, -0.1) is 0 Å². The molecule has 77 valence electrons. The number of rotatable bonds is 0. The average Bonchev–Trinajstić information content (AvgIpc) is 1.59. The maximum absolute atomic E-state index is 8.93. The van der Waals surface area contributed by atoms with Gasteiger partial charge in [-0.1, -0.05) is 0 Å². The summed E-state index contributed by atoms with van der Waals surface area (Å²) in [6.45, 7) is 5.23. The first-order chi connectivity index (χ1) is 4.64. The van der Waals surface area contributed by atoms with E-state index in [4.69, 9.17) is 24.9 Å². The summed E-state index contributed by atoms with van der Waals surface area (Å²) in [4.78, 5) is 17.9. The summed E-state index contributed by atoms with van der Waals surface area (Å²) in [5.74, 6) is -4.37. The van der Waals surface area contributed by atoms with Crippen molar-refractivity contribution in [3.05, 3.63) is 0 Å². The van der Waals surface area contributed by atoms with Gasteiger partial charge < -0.3 is 24.9 Å². The van der Waals surface area contributed by atoms with Gasteiger partial charge in [-0.2, -0.15) is 0 Å². The molecule has 0 aromatic heterocycles. The van der Waals surface area contributed by atoms with Crippen LogP contribution in [0.25, 0.3) is 0 Å². The van der Waals surface area contributed by atoms with E-state index in [0.29, 0.717) is 0 Å². The first-order valence-corrected chi connectivity index (χ1v) is 2.79. The molecule has 0 amide bonds. The zero-order valence-electron chi connectivity index (χ0n) is 6.88. The van der Waals surface area contributed by atoms with Crippen molar-refractivity contribution >= 4 is 11.9 Å². The van der Waals surface area contributed by atoms with Gasteiger partial charge in [0, 0.05) is 22.4 Å². The fourth-order valence-corrected chi connectivity index (χ4v) is 0. The van der Waals surface area contributed by atoms with Crippen molar-refractivity contribution in [3.63, 3.8) is 0 Å². The number of carbonyl (C=O) groups is 2. The van der Waals surface area contributed by atoms with Gasteiger partial charge in [-0.25, -0.2) is 0 Å². The predicted molar refractivity (Wildman–Crippen MR) is 32.0 cm³/mol. The summed E-state index contributed by atoms with van der Waals surface area (Å²) >= 11 is 0. The summed E-state index contributed by atoms with van der Waals surface area (Å²) in [6.07, 6.45) is 0. The maximum atomic E-state index is 8.93. The molecule has 1 radical (unpaired) electrons. The topological polar surface area (TPSA) is 100 Å². The zero-order valence-corrected chi connectivity index (χ0v) is 8.36. The number of hydrogen-bond acceptors (Lipinski definition) is 5. The van der Waals surface area contributed by atoms with Crippen LogP contribution < -0.4 is 10.2 Å². The van der Waals surface area contributed by atoms with E-state index in [2.05, 4.69) is 0 Å². The van der Waals surface area contributed by atoms with Crippen molar-refractivity contribution in [2.45, 2.75) is 26.4 Å². The number of carboxylic acids is 2. The smallest absolute Gasteiger partial charge is 0.0870 e. The van der Waals surface area contributed by atoms with Gasteiger partial charge in [-0.05, 0) is 20.8 Å². The van der Waals surface area contributed by atoms with Crippen LogP contribution in [0.3, 0.4) is 0 Å². The van der Waals surface area contributed by atoms with Crippen molar-refractivity contribution in [1.29, 1.82) is 0 Å². The first-order valence-electron chi connectivity index (χ1n) is 2.79. The molecule has 0 atom stereocenters. The monoisotopic (exact) mass is 269 g/mol. The third-order valence-electron chi connectivity index (χ3n) is 0.167. The Bertz CT molecular complexity index is 131. The van der Waals surface area contributed by atoms with Crippen LogP contribution >= 0.6 is 0 Å². The Kier molecular flexibility index (Phi) is 10.7. The van der Waals surface area contributed by atoms with Gasteiger partial charge in [0.25, 0.3) is 0 Å². The molecule has 0 aliphatic heterocycles. The van der Waals surface area contributed by atoms with Gasteiger partial charge in [0.05, 0.1) is 17.5 Å². The Hall–Kier alpha value is -0.360. The van der Waals surface area contributed by atoms with Crippen molar-refractivity contribution in [2.24, 2.45) is 0 Å². The fourth-order valence-electron chi connectivity index (χ4n) is 0. The molecule has 0 heterocycles. The van der Waals surface area contributed by atoms with E-state index in [1.807, 2.05) is 0 Å². The largest absolute Gasteiger partial charge is 0.543 e. The summed E-state index contributed by atoms with van der Waals surface area (Å²) in [7, 11) is 0. The predicted octanol–water partition coefficient (Wildman–Crippen LogP) is -2.74. The molecule has 0 aromatic rings. The minimum absolute atomic E-state index is 0. The Morgan fingerprint density at radius 3 is 1.17 bits per heavy atom. The molecule has 12 heavy (non-hydrogen) atoms. The molecule has 0 aromatic carbocycles. The van der Waals surface area contributed by atoms with Crippen LogP contribution in [0.5, 0.6) is 0 Å². The summed E-state index contributed by atoms with van der Waals surface area (Å²) < 4.78 is 0. The Balaban J connectivity index is -0.000000126. The first kappa shape index (κ1) is 17.7. The Morgan fingerprint density at radius 2 is 1.17 bits per heavy atom. The number of aliphatic carboxylic acids is 2. The second-order valence-corrected chi connectivity index (χ2v) is 2.75. The van der Waals surface area contributed by atoms with E-state index in [9.17, 15) is 0 Å². The SMILES string of the molecule is CC(C)(C)O.O=C([O-])C(=O)[O-].[Ag]. The van der Waals surface area contributed by atoms with Gasteiger partial charge in [0.1, 0.15) is 0 Å². The quantitative estimate of drug-likeness (QED) is 0.380. The van der Waals surface area contributed by atoms with Crippen LogP contribution in [0, 0.1) is 0 Å². The molecule has 0 saturated carbocycles. The van der Waals surface area contributed by atoms with E-state index in [1.165, 1.54) is 0 Å². The molecule has 1 N–H and O–H groups in total. The number of carbonyl (C=O) groups excluding carboxylic acids is 2. The summed E-state index contributed by atoms with van der Waals surface area (Å²) in [5, 5.41) is 26.4. The molecule has 0 spiro atoms. The third-order valence-corrected chi connectivity index (χ3v) is 0.167. The van der Waals surface area contributed by atoms with Gasteiger partial charge in [0.15, 0.2) is 0 Å². The molecule has 0 fully saturated rings. The van der Waals surface area contributed by atoms with E-state index in [1.54, 1.807) is 20.8 Å². The molecule has 6 heteroatoms. The minimum Gasteiger partial charge on any atom is -0.543 e. The fraction of sp³-hybridized carbons (Fsp3) is 0.667. The third kappa shape index (κ3) is 54.3. The number of carboxylic acid groups (broad SMARTS) is 2. The van der Waals surface area contributed by atoms with Crippen LogP contribution in [0.2, 0.25) is 0 Å². The number of hydrogen-bond donors (Lipinski definition) is 1. The molecule has 0 aliphatic carbocycles. The normalized spacial score (nSPS) is 8.67. The summed E-state index contributed by atoms with van der Waals surface area (Å²) in [6, 6.07) is 0. The standard InChI is InChI=1S/C4H10O.C2H2O4.Ag/c1-4(2,3)5;3-1(4)2(5)6;/h5H,1-3H3;(H,3,4)(H,5,6);/p-2. The van der Waals surface area contributed by atoms with Gasteiger partial charge in [-0.3, -0.25) is 0 Å². The second-order valence-electron chi connectivity index (χ2n) is 2.75. The van der Waals surface area contributed by atoms with Crippen LogP contribution in [0.15, 0.2) is 0 Å². The van der Waals surface area contributed by atoms with E-state index in [0.717, 1.165) is 0 Å². The molecule has 0 bridgehead atoms. The Labute approximate surface area is 85.9 Å². The number of aliphatic hydroxyl groups is 1. The van der Waals surface area contributed by atoms with Crippen molar-refractivity contribution in [2.75, 3.05) is 0 Å². The van der Waals surface area contributed by atoms with Crippen molar-refractivity contribution in [3.8, 4) is 0 Å². The molecular weight excluding hydrogens is 260 g/mol. The van der Waals surface area contributed by atoms with Gasteiger partial charge >= 0.3 is 0 Å². The van der Waals surface area contributed by atoms with Crippen LogP contribution in [-0.4, -0.2) is 22.6 Å². The molecule has 0 unspecified atom stereocenters. The molecular formula is C6H10AgO5-2. The molecule has 5 nitrogen and oxygen atoms in total. The van der Waals surface area contributed by atoms with Crippen LogP contribution in [0.4, 0.5) is 0 Å². The molecule has 0 saturated heterocycles. The minimum atomic E-state index is -2.19. The maximum Gasteiger partial charge on any atom is 0.0870 e. The van der Waals surface area contributed by atoms with Crippen LogP contribution in [0.1, 0.15) is 20.8 Å². The van der Waals surface area contributed by atoms with E-state index >= 15 is 0 Å². The Morgan fingerprint density at radius 1 is 1.08 bits per heavy atom. The summed E-state index contributed by atoms with van der Waals surface area (Å²) in [5.41, 5.74) is -0.500. The van der Waals surface area contributed by atoms with Gasteiger partial charge in [0.2, 0.25) is 0 Å². The second kappa shape index (κ2) is 7.30. The van der Waals surface area contributed by atoms with Crippen molar-refractivity contribution in [1.82, 2.24) is 0 Å². The van der Waals surface area contributed by atoms with Crippen LogP contribution in [-0.2, 0) is 32.0 Å². The molecule has 0 rings (SSSR count). The molecule has 0 aliphatic rings. The van der Waals surface area contributed by atoms with E-state index in [-0.39, 0.29) is 22.4 Å².